The number of rotatable bonds is 2. The lowest BCUT2D eigenvalue weighted by Crippen LogP contribution is -1.89. The molecule has 0 aliphatic heterocycles. The van der Waals surface area contributed by atoms with Crippen LogP contribution < -0.4 is 0 Å². The Morgan fingerprint density at radius 2 is 2.25 bits per heavy atom. The smallest absolute Gasteiger partial charge is 0.0931 e. The third-order valence-corrected chi connectivity index (χ3v) is 4.42. The molecule has 66 valence electrons. The molecular weight excluding hydrogens is 211 g/mol. The van der Waals surface area contributed by atoms with E-state index in [0.29, 0.717) is 5.92 Å². The van der Waals surface area contributed by atoms with Gasteiger partial charge >= 0.3 is 0 Å². The number of hydrogen-bond donors (Lipinski definition) is 0. The van der Waals surface area contributed by atoms with Gasteiger partial charge in [0.15, 0.2) is 0 Å². The molecule has 1 saturated carbocycles. The minimum Gasteiger partial charge on any atom is -0.127 e. The molecule has 1 heterocycles. The lowest BCUT2D eigenvalue weighted by atomic mass is 10.2. The molecule has 2 rings (SSSR count). The molecule has 1 aromatic rings. The van der Waals surface area contributed by atoms with Crippen molar-refractivity contribution in [2.24, 2.45) is 11.8 Å². The van der Waals surface area contributed by atoms with Crippen molar-refractivity contribution in [1.82, 2.24) is 0 Å². The van der Waals surface area contributed by atoms with Gasteiger partial charge in [-0.2, -0.15) is 0 Å². The Balaban J connectivity index is 2.09. The van der Waals surface area contributed by atoms with Crippen LogP contribution in [0.15, 0.2) is 12.1 Å². The summed E-state index contributed by atoms with van der Waals surface area (Å²) in [5, 5.41) is 0.192. The zero-order chi connectivity index (χ0) is 8.72. The average Bonchev–Trinajstić information content (AvgIpc) is 2.58. The zero-order valence-corrected chi connectivity index (χ0v) is 9.09. The highest BCUT2D eigenvalue weighted by Crippen LogP contribution is 2.51. The van der Waals surface area contributed by atoms with Gasteiger partial charge in [0.25, 0.3) is 0 Å². The number of alkyl halides is 1. The van der Waals surface area contributed by atoms with Crippen LogP contribution in [0.5, 0.6) is 0 Å². The van der Waals surface area contributed by atoms with E-state index in [2.05, 4.69) is 6.92 Å². The lowest BCUT2D eigenvalue weighted by molar-refractivity contribution is 0.731. The highest BCUT2D eigenvalue weighted by atomic mass is 35.5. The summed E-state index contributed by atoms with van der Waals surface area (Å²) in [6.45, 7) is 2.25. The molecule has 0 bridgehead atoms. The maximum absolute atomic E-state index is 6.26. The maximum atomic E-state index is 6.26. The van der Waals surface area contributed by atoms with Crippen LogP contribution in [0.3, 0.4) is 0 Å². The van der Waals surface area contributed by atoms with Gasteiger partial charge in [0.05, 0.1) is 9.71 Å². The van der Waals surface area contributed by atoms with Crippen LogP contribution in [0.2, 0.25) is 4.34 Å². The first-order chi connectivity index (χ1) is 5.68. The van der Waals surface area contributed by atoms with E-state index in [4.69, 9.17) is 23.2 Å². The van der Waals surface area contributed by atoms with E-state index < -0.39 is 0 Å². The van der Waals surface area contributed by atoms with Crippen molar-refractivity contribution in [3.63, 3.8) is 0 Å². The molecule has 0 saturated heterocycles. The first kappa shape index (κ1) is 8.86. The number of hydrogen-bond acceptors (Lipinski definition) is 1. The van der Waals surface area contributed by atoms with Crippen LogP contribution in [0.1, 0.15) is 23.6 Å². The van der Waals surface area contributed by atoms with Gasteiger partial charge in [-0.15, -0.1) is 22.9 Å². The topological polar surface area (TPSA) is 0 Å². The molecule has 0 spiro atoms. The van der Waals surface area contributed by atoms with Crippen molar-refractivity contribution >= 4 is 34.5 Å². The van der Waals surface area contributed by atoms with Gasteiger partial charge in [-0.05, 0) is 30.4 Å². The quantitative estimate of drug-likeness (QED) is 0.651. The van der Waals surface area contributed by atoms with Crippen molar-refractivity contribution in [3.05, 3.63) is 21.3 Å². The summed E-state index contributed by atoms with van der Waals surface area (Å²) in [5.74, 6) is 1.48. The van der Waals surface area contributed by atoms with E-state index in [9.17, 15) is 0 Å². The van der Waals surface area contributed by atoms with Crippen molar-refractivity contribution < 1.29 is 0 Å². The van der Waals surface area contributed by atoms with Crippen LogP contribution in [-0.4, -0.2) is 0 Å². The van der Waals surface area contributed by atoms with Crippen molar-refractivity contribution in [2.75, 3.05) is 0 Å². The third-order valence-electron chi connectivity index (χ3n) is 2.41. The molecule has 1 aromatic heterocycles. The van der Waals surface area contributed by atoms with Gasteiger partial charge in [0.1, 0.15) is 0 Å². The fraction of sp³-hybridized carbons (Fsp3) is 0.556. The van der Waals surface area contributed by atoms with Crippen molar-refractivity contribution in [1.29, 1.82) is 0 Å². The minimum atomic E-state index is 0.192. The second-order valence-electron chi connectivity index (χ2n) is 3.42. The van der Waals surface area contributed by atoms with E-state index in [1.165, 1.54) is 11.3 Å². The molecule has 0 N–H and O–H groups in total. The van der Waals surface area contributed by atoms with Crippen molar-refractivity contribution in [2.45, 2.75) is 18.7 Å². The standard InChI is InChI=1S/C9H10Cl2S/c1-5-4-6(5)9(11)7-2-3-8(10)12-7/h2-3,5-6,9H,4H2,1H3. The summed E-state index contributed by atoms with van der Waals surface area (Å²) in [5.41, 5.74) is 0. The molecule has 12 heavy (non-hydrogen) atoms. The minimum absolute atomic E-state index is 0.192. The number of thiophene rings is 1. The highest BCUT2D eigenvalue weighted by molar-refractivity contribution is 7.16. The molecule has 0 aromatic carbocycles. The molecule has 3 unspecified atom stereocenters. The van der Waals surface area contributed by atoms with E-state index in [1.807, 2.05) is 12.1 Å². The van der Waals surface area contributed by atoms with Gasteiger partial charge in [0, 0.05) is 4.88 Å². The maximum Gasteiger partial charge on any atom is 0.0931 e. The van der Waals surface area contributed by atoms with Gasteiger partial charge in [-0.3, -0.25) is 0 Å². The molecule has 1 aliphatic carbocycles. The zero-order valence-electron chi connectivity index (χ0n) is 6.76. The predicted octanol–water partition coefficient (Wildman–Crippen LogP) is 4.34. The number of halogens is 2. The fourth-order valence-corrected chi connectivity index (χ4v) is 3.12. The van der Waals surface area contributed by atoms with Gasteiger partial charge in [-0.1, -0.05) is 18.5 Å². The van der Waals surface area contributed by atoms with Gasteiger partial charge in [0.2, 0.25) is 0 Å². The van der Waals surface area contributed by atoms with E-state index in [1.54, 1.807) is 11.3 Å². The molecule has 0 amide bonds. The normalized spacial score (nSPS) is 30.2. The Morgan fingerprint density at radius 1 is 1.58 bits per heavy atom. The Morgan fingerprint density at radius 3 is 2.67 bits per heavy atom. The molecule has 0 nitrogen and oxygen atoms in total. The van der Waals surface area contributed by atoms with Crippen LogP contribution in [-0.2, 0) is 0 Å². The van der Waals surface area contributed by atoms with Crippen molar-refractivity contribution in [3.8, 4) is 0 Å². The van der Waals surface area contributed by atoms with Crippen LogP contribution in [0.25, 0.3) is 0 Å². The molecule has 1 aliphatic rings. The predicted molar refractivity (Wildman–Crippen MR) is 55.2 cm³/mol. The fourth-order valence-electron chi connectivity index (χ4n) is 1.45. The first-order valence-corrected chi connectivity index (χ1v) is 5.71. The molecule has 1 fully saturated rings. The van der Waals surface area contributed by atoms with Crippen LogP contribution in [0.4, 0.5) is 0 Å². The molecule has 3 atom stereocenters. The Hall–Kier alpha value is 0.280. The summed E-state index contributed by atoms with van der Waals surface area (Å²) in [7, 11) is 0. The summed E-state index contributed by atoms with van der Waals surface area (Å²) >= 11 is 13.7. The summed E-state index contributed by atoms with van der Waals surface area (Å²) < 4.78 is 0.837. The molecular formula is C9H10Cl2S. The molecule has 3 heteroatoms. The second-order valence-corrected chi connectivity index (χ2v) is 5.64. The SMILES string of the molecule is CC1CC1C(Cl)c1ccc(Cl)s1. The van der Waals surface area contributed by atoms with Crippen LogP contribution in [0, 0.1) is 11.8 Å². The van der Waals surface area contributed by atoms with Gasteiger partial charge in [-0.25, -0.2) is 0 Å². The first-order valence-electron chi connectivity index (χ1n) is 4.08. The summed E-state index contributed by atoms with van der Waals surface area (Å²) in [6, 6.07) is 3.96. The Kier molecular flexibility index (Phi) is 2.37. The average molecular weight is 221 g/mol. The Bertz CT molecular complexity index is 282. The highest BCUT2D eigenvalue weighted by Gasteiger charge is 2.39. The monoisotopic (exact) mass is 220 g/mol. The van der Waals surface area contributed by atoms with Crippen LogP contribution >= 0.6 is 34.5 Å². The van der Waals surface area contributed by atoms with E-state index in [-0.39, 0.29) is 5.38 Å². The Labute approximate surface area is 86.5 Å². The second kappa shape index (κ2) is 3.21. The lowest BCUT2D eigenvalue weighted by Gasteiger charge is -2.03. The molecule has 0 radical (unpaired) electrons. The summed E-state index contributed by atoms with van der Waals surface area (Å²) in [4.78, 5) is 1.22. The summed E-state index contributed by atoms with van der Waals surface area (Å²) in [6.07, 6.45) is 1.27. The van der Waals surface area contributed by atoms with E-state index >= 15 is 0 Å². The van der Waals surface area contributed by atoms with Gasteiger partial charge < -0.3 is 0 Å². The largest absolute Gasteiger partial charge is 0.127 e. The van der Waals surface area contributed by atoms with E-state index in [0.717, 1.165) is 10.3 Å². The third kappa shape index (κ3) is 1.63.